The van der Waals surface area contributed by atoms with Crippen molar-refractivity contribution in [2.45, 2.75) is 56.7 Å². The Balaban J connectivity index is 2.79. The molecule has 3 nitrogen and oxygen atoms in total. The van der Waals surface area contributed by atoms with Gasteiger partial charge in [-0.3, -0.25) is 0 Å². The summed E-state index contributed by atoms with van der Waals surface area (Å²) in [6, 6.07) is -0.0637. The fourth-order valence-corrected chi connectivity index (χ4v) is 1.98. The Kier molecular flexibility index (Phi) is 2.47. The van der Waals surface area contributed by atoms with Crippen molar-refractivity contribution >= 4 is 0 Å². The second kappa shape index (κ2) is 2.98. The first-order valence-corrected chi connectivity index (χ1v) is 4.65. The van der Waals surface area contributed by atoms with Crippen molar-refractivity contribution in [2.75, 3.05) is 0 Å². The van der Waals surface area contributed by atoms with E-state index in [9.17, 15) is 5.11 Å². The molecule has 2 unspecified atom stereocenters. The molecule has 0 amide bonds. The summed E-state index contributed by atoms with van der Waals surface area (Å²) in [6.45, 7) is 3.50. The zero-order valence-corrected chi connectivity index (χ0v) is 8.01. The summed E-state index contributed by atoms with van der Waals surface area (Å²) in [6.07, 6.45) is 3.97. The van der Waals surface area contributed by atoms with E-state index >= 15 is 0 Å². The summed E-state index contributed by atoms with van der Waals surface area (Å²) in [4.78, 5) is 0. The second-order valence-corrected chi connectivity index (χ2v) is 4.45. The average Bonchev–Trinajstić information content (AvgIpc) is 1.93. The maximum atomic E-state index is 9.87. The third-order valence-corrected chi connectivity index (χ3v) is 3.16. The minimum Gasteiger partial charge on any atom is -0.388 e. The smallest absolute Gasteiger partial charge is 0.0785 e. The maximum Gasteiger partial charge on any atom is 0.0785 e. The molecule has 3 heteroatoms. The van der Waals surface area contributed by atoms with Crippen molar-refractivity contribution in [1.82, 2.24) is 0 Å². The Morgan fingerprint density at radius 1 is 1.42 bits per heavy atom. The molecule has 0 aromatic heterocycles. The van der Waals surface area contributed by atoms with Gasteiger partial charge in [0.05, 0.1) is 11.1 Å². The SMILES string of the molecule is CC(C)(O)C1(N)CCCCC1N. The number of hydrogen-bond donors (Lipinski definition) is 3. The lowest BCUT2D eigenvalue weighted by molar-refractivity contribution is -0.0296. The summed E-state index contributed by atoms with van der Waals surface area (Å²) >= 11 is 0. The van der Waals surface area contributed by atoms with Crippen molar-refractivity contribution in [1.29, 1.82) is 0 Å². The third-order valence-electron chi connectivity index (χ3n) is 3.16. The van der Waals surface area contributed by atoms with Gasteiger partial charge in [-0.1, -0.05) is 12.8 Å². The van der Waals surface area contributed by atoms with Crippen LogP contribution in [0.15, 0.2) is 0 Å². The average molecular weight is 172 g/mol. The fraction of sp³-hybridized carbons (Fsp3) is 1.00. The van der Waals surface area contributed by atoms with Gasteiger partial charge in [0, 0.05) is 6.04 Å². The van der Waals surface area contributed by atoms with Crippen LogP contribution in [-0.4, -0.2) is 22.3 Å². The molecule has 0 heterocycles. The lowest BCUT2D eigenvalue weighted by atomic mass is 9.69. The van der Waals surface area contributed by atoms with Crippen LogP contribution in [0.4, 0.5) is 0 Å². The van der Waals surface area contributed by atoms with Gasteiger partial charge in [-0.2, -0.15) is 0 Å². The number of nitrogens with two attached hydrogens (primary N) is 2. The third kappa shape index (κ3) is 1.49. The topological polar surface area (TPSA) is 72.3 Å². The van der Waals surface area contributed by atoms with Gasteiger partial charge < -0.3 is 16.6 Å². The van der Waals surface area contributed by atoms with E-state index < -0.39 is 11.1 Å². The lowest BCUT2D eigenvalue weighted by Gasteiger charge is -2.47. The molecule has 0 aromatic rings. The first-order chi connectivity index (χ1) is 5.38. The van der Waals surface area contributed by atoms with Gasteiger partial charge in [0.1, 0.15) is 0 Å². The van der Waals surface area contributed by atoms with Crippen LogP contribution in [0.3, 0.4) is 0 Å². The molecule has 0 saturated heterocycles. The summed E-state index contributed by atoms with van der Waals surface area (Å²) in [5.41, 5.74) is 10.6. The highest BCUT2D eigenvalue weighted by atomic mass is 16.3. The minimum absolute atomic E-state index is 0.0637. The summed E-state index contributed by atoms with van der Waals surface area (Å²) in [5.74, 6) is 0. The normalized spacial score (nSPS) is 38.2. The van der Waals surface area contributed by atoms with E-state index in [-0.39, 0.29) is 6.04 Å². The molecular weight excluding hydrogens is 152 g/mol. The van der Waals surface area contributed by atoms with Crippen molar-refractivity contribution in [3.05, 3.63) is 0 Å². The largest absolute Gasteiger partial charge is 0.388 e. The molecule has 1 aliphatic rings. The highest BCUT2D eigenvalue weighted by Gasteiger charge is 2.46. The Morgan fingerprint density at radius 2 is 2.00 bits per heavy atom. The molecule has 1 saturated carbocycles. The summed E-state index contributed by atoms with van der Waals surface area (Å²) in [5, 5.41) is 9.87. The molecule has 1 rings (SSSR count). The van der Waals surface area contributed by atoms with Gasteiger partial charge in [-0.25, -0.2) is 0 Å². The Labute approximate surface area is 74.1 Å². The highest BCUT2D eigenvalue weighted by Crippen LogP contribution is 2.33. The predicted molar refractivity (Wildman–Crippen MR) is 49.7 cm³/mol. The molecule has 1 aliphatic carbocycles. The van der Waals surface area contributed by atoms with Crippen molar-refractivity contribution < 1.29 is 5.11 Å². The molecule has 0 radical (unpaired) electrons. The van der Waals surface area contributed by atoms with Crippen molar-refractivity contribution in [3.8, 4) is 0 Å². The zero-order chi connectivity index (χ0) is 9.41. The highest BCUT2D eigenvalue weighted by molar-refractivity contribution is 5.07. The standard InChI is InChI=1S/C9H20N2O/c1-8(2,12)9(11)6-4-3-5-7(9)10/h7,12H,3-6,10-11H2,1-2H3. The van der Waals surface area contributed by atoms with Gasteiger partial charge in [-0.05, 0) is 26.7 Å². The Bertz CT molecular complexity index is 164. The Morgan fingerprint density at radius 3 is 2.33 bits per heavy atom. The lowest BCUT2D eigenvalue weighted by Crippen LogP contribution is -2.68. The molecule has 1 fully saturated rings. The van der Waals surface area contributed by atoms with E-state index in [1.54, 1.807) is 13.8 Å². The monoisotopic (exact) mass is 172 g/mol. The first-order valence-electron chi connectivity index (χ1n) is 4.65. The van der Waals surface area contributed by atoms with Crippen LogP contribution in [0.1, 0.15) is 39.5 Å². The van der Waals surface area contributed by atoms with Gasteiger partial charge in [0.15, 0.2) is 0 Å². The van der Waals surface area contributed by atoms with Gasteiger partial charge in [0.2, 0.25) is 0 Å². The van der Waals surface area contributed by atoms with E-state index in [0.717, 1.165) is 25.7 Å². The summed E-state index contributed by atoms with van der Waals surface area (Å²) in [7, 11) is 0. The van der Waals surface area contributed by atoms with E-state index in [1.165, 1.54) is 0 Å². The van der Waals surface area contributed by atoms with E-state index in [1.807, 2.05) is 0 Å². The molecule has 0 spiro atoms. The minimum atomic E-state index is -0.868. The van der Waals surface area contributed by atoms with Gasteiger partial charge >= 0.3 is 0 Å². The van der Waals surface area contributed by atoms with Gasteiger partial charge in [-0.15, -0.1) is 0 Å². The van der Waals surface area contributed by atoms with E-state index in [4.69, 9.17) is 11.5 Å². The number of aliphatic hydroxyl groups is 1. The van der Waals surface area contributed by atoms with Crippen LogP contribution in [-0.2, 0) is 0 Å². The van der Waals surface area contributed by atoms with Crippen LogP contribution in [0.2, 0.25) is 0 Å². The molecule has 0 bridgehead atoms. The van der Waals surface area contributed by atoms with Crippen LogP contribution < -0.4 is 11.5 Å². The number of rotatable bonds is 1. The molecule has 72 valence electrons. The fourth-order valence-electron chi connectivity index (χ4n) is 1.98. The molecule has 5 N–H and O–H groups in total. The van der Waals surface area contributed by atoms with Crippen molar-refractivity contribution in [3.63, 3.8) is 0 Å². The van der Waals surface area contributed by atoms with E-state index in [2.05, 4.69) is 0 Å². The van der Waals surface area contributed by atoms with Crippen LogP contribution >= 0.6 is 0 Å². The first kappa shape index (κ1) is 9.96. The van der Waals surface area contributed by atoms with Gasteiger partial charge in [0.25, 0.3) is 0 Å². The molecule has 2 atom stereocenters. The van der Waals surface area contributed by atoms with E-state index in [0.29, 0.717) is 0 Å². The van der Waals surface area contributed by atoms with Crippen LogP contribution in [0, 0.1) is 0 Å². The maximum absolute atomic E-state index is 9.87. The quantitative estimate of drug-likeness (QED) is 0.534. The zero-order valence-electron chi connectivity index (χ0n) is 8.01. The van der Waals surface area contributed by atoms with Crippen LogP contribution in [0.25, 0.3) is 0 Å². The second-order valence-electron chi connectivity index (χ2n) is 4.45. The molecule has 0 aliphatic heterocycles. The Hall–Kier alpha value is -0.120. The number of hydrogen-bond acceptors (Lipinski definition) is 3. The summed E-state index contributed by atoms with van der Waals surface area (Å²) < 4.78 is 0. The molecule has 0 aromatic carbocycles. The predicted octanol–water partition coefficient (Wildman–Crippen LogP) is 0.356. The van der Waals surface area contributed by atoms with Crippen LogP contribution in [0.5, 0.6) is 0 Å². The molecule has 12 heavy (non-hydrogen) atoms. The van der Waals surface area contributed by atoms with Crippen molar-refractivity contribution in [2.24, 2.45) is 11.5 Å². The molecular formula is C9H20N2O.